The van der Waals surface area contributed by atoms with Gasteiger partial charge in [-0.15, -0.1) is 11.3 Å². The van der Waals surface area contributed by atoms with Gasteiger partial charge in [-0.2, -0.15) is 0 Å². The third-order valence-corrected chi connectivity index (χ3v) is 11.4. The number of rotatable bonds is 6. The predicted octanol–water partition coefficient (Wildman–Crippen LogP) is 14.6. The van der Waals surface area contributed by atoms with Crippen molar-refractivity contribution in [3.63, 3.8) is 0 Å². The molecule has 11 aromatic rings. The molecule has 0 fully saturated rings. The van der Waals surface area contributed by atoms with E-state index in [1.54, 1.807) is 11.3 Å². The average Bonchev–Trinajstić information content (AvgIpc) is 3.95. The first-order valence-electron chi connectivity index (χ1n) is 18.0. The summed E-state index contributed by atoms with van der Waals surface area (Å²) in [7, 11) is 0. The van der Waals surface area contributed by atoms with E-state index in [-0.39, 0.29) is 0 Å². The number of thiazole rings is 1. The van der Waals surface area contributed by atoms with Crippen LogP contribution >= 0.6 is 11.3 Å². The maximum absolute atomic E-state index is 6.35. The Balaban J connectivity index is 1.00. The van der Waals surface area contributed by atoms with Gasteiger partial charge in [-0.1, -0.05) is 109 Å². The molecule has 8 aromatic carbocycles. The van der Waals surface area contributed by atoms with Crippen LogP contribution < -0.4 is 4.90 Å². The fourth-order valence-electron chi connectivity index (χ4n) is 7.67. The van der Waals surface area contributed by atoms with Crippen molar-refractivity contribution in [2.45, 2.75) is 0 Å². The number of fused-ring (bicyclic) bond motifs is 8. The minimum atomic E-state index is 0.852. The number of hydrogen-bond acceptors (Lipinski definition) is 5. The van der Waals surface area contributed by atoms with Crippen LogP contribution in [0.3, 0.4) is 0 Å². The fourth-order valence-corrected chi connectivity index (χ4v) is 8.65. The van der Waals surface area contributed by atoms with Gasteiger partial charge in [-0.25, -0.2) is 4.98 Å². The maximum atomic E-state index is 6.35. The summed E-state index contributed by atoms with van der Waals surface area (Å²) in [6.07, 6.45) is 0. The number of hydrogen-bond donors (Lipinski definition) is 0. The Bertz CT molecular complexity index is 3140. The van der Waals surface area contributed by atoms with Crippen molar-refractivity contribution >= 4 is 82.5 Å². The van der Waals surface area contributed by atoms with Crippen molar-refractivity contribution in [1.29, 1.82) is 0 Å². The minimum absolute atomic E-state index is 0.852. The lowest BCUT2D eigenvalue weighted by Gasteiger charge is -2.26. The predicted molar refractivity (Wildman–Crippen MR) is 225 cm³/mol. The molecule has 0 bridgehead atoms. The lowest BCUT2D eigenvalue weighted by atomic mass is 10.0. The summed E-state index contributed by atoms with van der Waals surface area (Å²) in [4.78, 5) is 7.42. The second kappa shape index (κ2) is 12.3. The van der Waals surface area contributed by atoms with Crippen LogP contribution in [0.1, 0.15) is 0 Å². The highest BCUT2D eigenvalue weighted by molar-refractivity contribution is 7.21. The van der Waals surface area contributed by atoms with E-state index >= 15 is 0 Å². The molecule has 254 valence electrons. The zero-order valence-corrected chi connectivity index (χ0v) is 29.8. The van der Waals surface area contributed by atoms with Crippen LogP contribution in [-0.2, 0) is 0 Å². The van der Waals surface area contributed by atoms with Crippen LogP contribution in [0.5, 0.6) is 0 Å². The van der Waals surface area contributed by atoms with Crippen LogP contribution in [0.25, 0.3) is 86.9 Å². The average molecular weight is 711 g/mol. The lowest BCUT2D eigenvalue weighted by Crippen LogP contribution is -2.09. The Morgan fingerprint density at radius 3 is 1.70 bits per heavy atom. The Hall–Kier alpha value is -6.95. The van der Waals surface area contributed by atoms with E-state index < -0.39 is 0 Å². The molecular formula is C49H30N2O2S. The first-order valence-corrected chi connectivity index (χ1v) is 18.8. The number of benzene rings is 8. The maximum Gasteiger partial charge on any atom is 0.137 e. The zero-order valence-electron chi connectivity index (χ0n) is 28.9. The Morgan fingerprint density at radius 2 is 0.944 bits per heavy atom. The molecule has 0 unspecified atom stereocenters. The fraction of sp³-hybridized carbons (Fsp3) is 0. The highest BCUT2D eigenvalue weighted by Gasteiger charge is 2.18. The van der Waals surface area contributed by atoms with Crippen molar-refractivity contribution in [2.75, 3.05) is 4.90 Å². The van der Waals surface area contributed by atoms with Crippen LogP contribution in [0.2, 0.25) is 0 Å². The van der Waals surface area contributed by atoms with Gasteiger partial charge in [0.05, 0.1) is 15.6 Å². The van der Waals surface area contributed by atoms with Crippen molar-refractivity contribution < 1.29 is 8.83 Å². The molecule has 4 nitrogen and oxygen atoms in total. The van der Waals surface area contributed by atoms with E-state index in [1.165, 1.54) is 11.1 Å². The molecule has 0 saturated carbocycles. The second-order valence-corrected chi connectivity index (χ2v) is 14.6. The van der Waals surface area contributed by atoms with Gasteiger partial charge < -0.3 is 13.7 Å². The van der Waals surface area contributed by atoms with Crippen molar-refractivity contribution in [2.24, 2.45) is 0 Å². The topological polar surface area (TPSA) is 42.4 Å². The summed E-state index contributed by atoms with van der Waals surface area (Å²) >= 11 is 1.72. The lowest BCUT2D eigenvalue weighted by molar-refractivity contribution is 0.668. The first-order chi connectivity index (χ1) is 26.7. The molecule has 0 aliphatic rings. The number of aromatic nitrogens is 1. The molecule has 54 heavy (non-hydrogen) atoms. The summed E-state index contributed by atoms with van der Waals surface area (Å²) in [5, 5.41) is 5.37. The van der Waals surface area contributed by atoms with Crippen LogP contribution in [0.4, 0.5) is 17.1 Å². The molecular weight excluding hydrogens is 681 g/mol. The van der Waals surface area contributed by atoms with E-state index in [2.05, 4.69) is 163 Å². The molecule has 0 radical (unpaired) electrons. The molecule has 11 rings (SSSR count). The number of para-hydroxylation sites is 1. The molecule has 0 aliphatic heterocycles. The van der Waals surface area contributed by atoms with Crippen LogP contribution in [0.15, 0.2) is 191 Å². The Kier molecular flexibility index (Phi) is 7.00. The van der Waals surface area contributed by atoms with E-state index in [9.17, 15) is 0 Å². The smallest absolute Gasteiger partial charge is 0.137 e. The molecule has 0 N–H and O–H groups in total. The number of furan rings is 2. The second-order valence-electron chi connectivity index (χ2n) is 13.6. The van der Waals surface area contributed by atoms with Gasteiger partial charge in [0.25, 0.3) is 0 Å². The minimum Gasteiger partial charge on any atom is -0.456 e. The Morgan fingerprint density at radius 1 is 0.389 bits per heavy atom. The van der Waals surface area contributed by atoms with Gasteiger partial charge in [0, 0.05) is 44.9 Å². The third kappa shape index (κ3) is 5.09. The summed E-state index contributed by atoms with van der Waals surface area (Å²) < 4.78 is 13.8. The highest BCUT2D eigenvalue weighted by atomic mass is 32.1. The summed E-state index contributed by atoms with van der Waals surface area (Å²) in [5.74, 6) is 0. The van der Waals surface area contributed by atoms with Crippen molar-refractivity contribution in [1.82, 2.24) is 4.98 Å². The number of anilines is 3. The quantitative estimate of drug-likeness (QED) is 0.172. The van der Waals surface area contributed by atoms with E-state index in [1.807, 2.05) is 24.3 Å². The molecule has 0 aliphatic carbocycles. The van der Waals surface area contributed by atoms with E-state index in [0.717, 1.165) is 92.9 Å². The Labute approximate surface area is 314 Å². The van der Waals surface area contributed by atoms with Crippen LogP contribution in [0, 0.1) is 0 Å². The highest BCUT2D eigenvalue weighted by Crippen LogP contribution is 2.42. The third-order valence-electron chi connectivity index (χ3n) is 10.3. The molecule has 3 aromatic heterocycles. The van der Waals surface area contributed by atoms with Gasteiger partial charge in [0.1, 0.15) is 27.3 Å². The van der Waals surface area contributed by atoms with Gasteiger partial charge in [-0.3, -0.25) is 0 Å². The SMILES string of the molecule is c1ccc(-c2ccc(N(c3ccc(-c4ccc5oc6ccc7sc(-c8ccccc8)nc7c6c5c4)cc3)c3ccc4c(c3)oc3ccccc34)cc2)cc1. The van der Waals surface area contributed by atoms with Gasteiger partial charge in [0.15, 0.2) is 0 Å². The van der Waals surface area contributed by atoms with Gasteiger partial charge >= 0.3 is 0 Å². The van der Waals surface area contributed by atoms with Gasteiger partial charge in [-0.05, 0) is 89.0 Å². The van der Waals surface area contributed by atoms with Crippen molar-refractivity contribution in [3.8, 4) is 32.8 Å². The van der Waals surface area contributed by atoms with E-state index in [4.69, 9.17) is 13.8 Å². The monoisotopic (exact) mass is 710 g/mol. The molecule has 5 heteroatoms. The van der Waals surface area contributed by atoms with Crippen LogP contribution in [-0.4, -0.2) is 4.98 Å². The molecule has 0 saturated heterocycles. The largest absolute Gasteiger partial charge is 0.456 e. The molecule has 0 amide bonds. The first kappa shape index (κ1) is 30.7. The summed E-state index contributed by atoms with van der Waals surface area (Å²) in [6, 6.07) is 63.8. The summed E-state index contributed by atoms with van der Waals surface area (Å²) in [6.45, 7) is 0. The molecule has 3 heterocycles. The molecule has 0 atom stereocenters. The normalized spacial score (nSPS) is 11.7. The standard InChI is InChI=1S/C49H30N2O2S/c1-3-9-31(10-4-1)32-15-20-36(21-16-32)51(38-24-25-40-39-13-7-8-14-42(39)53-45(40)30-38)37-22-17-33(18-23-37)35-19-26-43-41(29-35)47-44(52-43)27-28-46-48(47)50-49(54-46)34-11-5-2-6-12-34/h1-30H. The van der Waals surface area contributed by atoms with Gasteiger partial charge in [0.2, 0.25) is 0 Å². The van der Waals surface area contributed by atoms with Crippen molar-refractivity contribution in [3.05, 3.63) is 182 Å². The summed E-state index contributed by atoms with van der Waals surface area (Å²) in [5.41, 5.74) is 13.3. The molecule has 0 spiro atoms. The zero-order chi connectivity index (χ0) is 35.6. The van der Waals surface area contributed by atoms with E-state index in [0.29, 0.717) is 0 Å². The number of nitrogens with zero attached hydrogens (tertiary/aromatic N) is 2.